The van der Waals surface area contributed by atoms with Gasteiger partial charge in [-0.2, -0.15) is 0 Å². The van der Waals surface area contributed by atoms with Crippen molar-refractivity contribution < 1.29 is 14.2 Å². The molecule has 2 fully saturated rings. The van der Waals surface area contributed by atoms with Crippen molar-refractivity contribution in [1.82, 2.24) is 0 Å². The summed E-state index contributed by atoms with van der Waals surface area (Å²) < 4.78 is 19.0. The molecule has 0 unspecified atom stereocenters. The lowest BCUT2D eigenvalue weighted by molar-refractivity contribution is 0.00586. The van der Waals surface area contributed by atoms with Crippen LogP contribution in [0.15, 0.2) is 43.5 Å². The molecule has 0 saturated carbocycles. The molecule has 1 aromatic rings. The van der Waals surface area contributed by atoms with Crippen LogP contribution < -0.4 is 9.47 Å². The van der Waals surface area contributed by atoms with Crippen molar-refractivity contribution in [2.75, 3.05) is 0 Å². The Bertz CT molecular complexity index is 784. The SMILES string of the molecule is C=CC(C)(C)Oc1ccc(C[C@@H]2C(C)(C)[C@H]3CC[C@]2(C)O3)c(OC(C)(C)C=C)c1. The molecule has 0 amide bonds. The van der Waals surface area contributed by atoms with Crippen molar-refractivity contribution in [3.8, 4) is 11.5 Å². The molecular formula is C26H38O3. The van der Waals surface area contributed by atoms with Gasteiger partial charge in [-0.3, -0.25) is 0 Å². The van der Waals surface area contributed by atoms with Crippen molar-refractivity contribution in [2.45, 2.75) is 90.6 Å². The third-order valence-corrected chi connectivity index (χ3v) is 6.98. The van der Waals surface area contributed by atoms with E-state index in [1.165, 1.54) is 5.56 Å². The van der Waals surface area contributed by atoms with E-state index >= 15 is 0 Å². The molecule has 0 aromatic heterocycles. The van der Waals surface area contributed by atoms with Gasteiger partial charge in [0.2, 0.25) is 0 Å². The predicted octanol–water partition coefficient (Wildman–Crippen LogP) is 6.51. The van der Waals surface area contributed by atoms with E-state index in [0.29, 0.717) is 12.0 Å². The number of rotatable bonds is 8. The van der Waals surface area contributed by atoms with E-state index < -0.39 is 11.2 Å². The Balaban J connectivity index is 1.95. The summed E-state index contributed by atoms with van der Waals surface area (Å²) in [6.45, 7) is 22.8. The fourth-order valence-corrected chi connectivity index (χ4v) is 4.88. The largest absolute Gasteiger partial charge is 0.484 e. The molecule has 0 aliphatic carbocycles. The highest BCUT2D eigenvalue weighted by Crippen LogP contribution is 2.58. The molecule has 0 spiro atoms. The lowest BCUT2D eigenvalue weighted by Gasteiger charge is -2.40. The Kier molecular flexibility index (Phi) is 5.45. The van der Waals surface area contributed by atoms with Gasteiger partial charge in [0, 0.05) is 6.07 Å². The Hall–Kier alpha value is -1.74. The monoisotopic (exact) mass is 398 g/mol. The van der Waals surface area contributed by atoms with Gasteiger partial charge in [-0.05, 0) is 89.0 Å². The molecule has 29 heavy (non-hydrogen) atoms. The second kappa shape index (κ2) is 7.19. The van der Waals surface area contributed by atoms with E-state index in [2.05, 4.69) is 40.0 Å². The van der Waals surface area contributed by atoms with Gasteiger partial charge in [-0.15, -0.1) is 0 Å². The van der Waals surface area contributed by atoms with Gasteiger partial charge >= 0.3 is 0 Å². The maximum Gasteiger partial charge on any atom is 0.127 e. The molecule has 2 saturated heterocycles. The van der Waals surface area contributed by atoms with Crippen LogP contribution in [0.5, 0.6) is 11.5 Å². The van der Waals surface area contributed by atoms with Crippen LogP contribution in [-0.2, 0) is 11.2 Å². The first-order valence-corrected chi connectivity index (χ1v) is 10.8. The van der Waals surface area contributed by atoms with Crippen molar-refractivity contribution in [3.05, 3.63) is 49.1 Å². The summed E-state index contributed by atoms with van der Waals surface area (Å²) >= 11 is 0. The molecule has 2 aliphatic heterocycles. The summed E-state index contributed by atoms with van der Waals surface area (Å²) in [6, 6.07) is 6.20. The molecule has 2 heterocycles. The van der Waals surface area contributed by atoms with Crippen LogP contribution >= 0.6 is 0 Å². The second-order valence-electron chi connectivity index (χ2n) is 10.6. The number of hydrogen-bond donors (Lipinski definition) is 0. The number of fused-ring (bicyclic) bond motifs is 2. The van der Waals surface area contributed by atoms with Crippen LogP contribution in [0.1, 0.15) is 66.9 Å². The zero-order valence-corrected chi connectivity index (χ0v) is 19.3. The van der Waals surface area contributed by atoms with E-state index in [1.807, 2.05) is 52.0 Å². The molecular weight excluding hydrogens is 360 g/mol. The lowest BCUT2D eigenvalue weighted by Crippen LogP contribution is -2.42. The zero-order valence-electron chi connectivity index (χ0n) is 19.3. The minimum atomic E-state index is -0.466. The average Bonchev–Trinajstić information content (AvgIpc) is 3.10. The van der Waals surface area contributed by atoms with Gasteiger partial charge < -0.3 is 14.2 Å². The van der Waals surface area contributed by atoms with Gasteiger partial charge in [0.15, 0.2) is 0 Å². The molecule has 3 heteroatoms. The van der Waals surface area contributed by atoms with Gasteiger partial charge in [-0.25, -0.2) is 0 Å². The Morgan fingerprint density at radius 2 is 1.69 bits per heavy atom. The van der Waals surface area contributed by atoms with E-state index in [1.54, 1.807) is 0 Å². The Morgan fingerprint density at radius 1 is 1.07 bits per heavy atom. The molecule has 2 bridgehead atoms. The highest BCUT2D eigenvalue weighted by molar-refractivity contribution is 5.42. The third-order valence-electron chi connectivity index (χ3n) is 6.98. The first kappa shape index (κ1) is 22.0. The quantitative estimate of drug-likeness (QED) is 0.467. The molecule has 160 valence electrons. The van der Waals surface area contributed by atoms with Crippen molar-refractivity contribution in [2.24, 2.45) is 11.3 Å². The van der Waals surface area contributed by atoms with E-state index in [9.17, 15) is 0 Å². The summed E-state index contributed by atoms with van der Waals surface area (Å²) in [7, 11) is 0. The Labute approximate surface area is 177 Å². The summed E-state index contributed by atoms with van der Waals surface area (Å²) in [5.41, 5.74) is 0.378. The van der Waals surface area contributed by atoms with Gasteiger partial charge in [0.1, 0.15) is 22.7 Å². The highest BCUT2D eigenvalue weighted by atomic mass is 16.5. The first-order chi connectivity index (χ1) is 13.3. The summed E-state index contributed by atoms with van der Waals surface area (Å²) in [6.07, 6.45) is 7.22. The molecule has 3 atom stereocenters. The lowest BCUT2D eigenvalue weighted by atomic mass is 9.62. The maximum absolute atomic E-state index is 6.43. The van der Waals surface area contributed by atoms with Crippen LogP contribution in [0, 0.1) is 11.3 Å². The fourth-order valence-electron chi connectivity index (χ4n) is 4.88. The van der Waals surface area contributed by atoms with Crippen LogP contribution in [0.3, 0.4) is 0 Å². The average molecular weight is 399 g/mol. The maximum atomic E-state index is 6.43. The zero-order chi connectivity index (χ0) is 21.7. The summed E-state index contributed by atoms with van der Waals surface area (Å²) in [5.74, 6) is 2.08. The molecule has 0 N–H and O–H groups in total. The molecule has 0 radical (unpaired) electrons. The minimum Gasteiger partial charge on any atom is -0.484 e. The second-order valence-corrected chi connectivity index (χ2v) is 10.6. The van der Waals surface area contributed by atoms with Crippen LogP contribution in [0.2, 0.25) is 0 Å². The first-order valence-electron chi connectivity index (χ1n) is 10.8. The fraction of sp³-hybridized carbons (Fsp3) is 0.615. The van der Waals surface area contributed by atoms with Gasteiger partial charge in [-0.1, -0.05) is 33.1 Å². The summed E-state index contributed by atoms with van der Waals surface area (Å²) in [5, 5.41) is 0. The third kappa shape index (κ3) is 4.26. The molecule has 1 aromatic carbocycles. The minimum absolute atomic E-state index is 0.0562. The predicted molar refractivity (Wildman–Crippen MR) is 120 cm³/mol. The Morgan fingerprint density at radius 3 is 2.24 bits per heavy atom. The van der Waals surface area contributed by atoms with Crippen molar-refractivity contribution in [1.29, 1.82) is 0 Å². The highest BCUT2D eigenvalue weighted by Gasteiger charge is 2.60. The number of hydrogen-bond acceptors (Lipinski definition) is 3. The van der Waals surface area contributed by atoms with Crippen molar-refractivity contribution in [3.63, 3.8) is 0 Å². The van der Waals surface area contributed by atoms with E-state index in [4.69, 9.17) is 14.2 Å². The number of ether oxygens (including phenoxy) is 3. The summed E-state index contributed by atoms with van der Waals surface area (Å²) in [4.78, 5) is 0. The van der Waals surface area contributed by atoms with E-state index in [-0.39, 0.29) is 11.0 Å². The topological polar surface area (TPSA) is 27.7 Å². The smallest absolute Gasteiger partial charge is 0.127 e. The number of benzene rings is 1. The van der Waals surface area contributed by atoms with Crippen LogP contribution in [0.4, 0.5) is 0 Å². The van der Waals surface area contributed by atoms with Crippen LogP contribution in [-0.4, -0.2) is 22.9 Å². The van der Waals surface area contributed by atoms with Crippen molar-refractivity contribution >= 4 is 0 Å². The van der Waals surface area contributed by atoms with Gasteiger partial charge in [0.05, 0.1) is 11.7 Å². The van der Waals surface area contributed by atoms with Gasteiger partial charge in [0.25, 0.3) is 0 Å². The molecule has 2 aliphatic rings. The normalized spacial score (nSPS) is 28.2. The van der Waals surface area contributed by atoms with Crippen LogP contribution in [0.25, 0.3) is 0 Å². The van der Waals surface area contributed by atoms with E-state index in [0.717, 1.165) is 30.8 Å². The molecule has 3 rings (SSSR count). The molecule has 3 nitrogen and oxygen atoms in total. The standard InChI is InChI=1S/C26H38O3/c1-10-23(3,4)27-19-13-12-18(20(17-19)28-24(5,6)11-2)16-21-25(7,8)22-14-15-26(21,9)29-22/h10-13,17,21-22H,1-2,14-16H2,3-9H3/t21-,22-,26+/m1/s1.